The number of carbonyl (C=O) groups excluding carboxylic acids is 1. The molecule has 0 spiro atoms. The quantitative estimate of drug-likeness (QED) is 0.292. The van der Waals surface area contributed by atoms with Crippen molar-refractivity contribution in [3.8, 4) is 0 Å². The number of nitrogens with zero attached hydrogens (tertiary/aromatic N) is 2. The van der Waals surface area contributed by atoms with Crippen LogP contribution in [0.5, 0.6) is 0 Å². The number of carbonyl (C=O) groups is 1. The summed E-state index contributed by atoms with van der Waals surface area (Å²) in [5.74, 6) is 2.69. The van der Waals surface area contributed by atoms with Crippen LogP contribution in [0.15, 0.2) is 4.99 Å². The van der Waals surface area contributed by atoms with E-state index < -0.39 is 0 Å². The Morgan fingerprint density at radius 1 is 1.12 bits per heavy atom. The number of hydrogen-bond donors (Lipinski definition) is 1. The number of ether oxygens (including phenoxy) is 1. The standard InChI is InChI=1S/C19H35N3O2.HI/c1-4-20-19(21-14-16-8-6-15(3)7-9-16)22-12-10-17(11-13-22)18(23)24-5-2;/h15-17H,4-14H2,1-3H3,(H,20,21);1H. The summed E-state index contributed by atoms with van der Waals surface area (Å²) in [5.41, 5.74) is 0. The molecule has 1 aliphatic heterocycles. The zero-order chi connectivity index (χ0) is 17.4. The van der Waals surface area contributed by atoms with E-state index >= 15 is 0 Å². The number of esters is 1. The van der Waals surface area contributed by atoms with Gasteiger partial charge in [0.15, 0.2) is 5.96 Å². The molecule has 0 bridgehead atoms. The van der Waals surface area contributed by atoms with E-state index in [4.69, 9.17) is 9.73 Å². The Labute approximate surface area is 170 Å². The molecule has 2 aliphatic rings. The Morgan fingerprint density at radius 3 is 2.32 bits per heavy atom. The first-order chi connectivity index (χ1) is 11.6. The summed E-state index contributed by atoms with van der Waals surface area (Å²) in [4.78, 5) is 19.1. The first-order valence-electron chi connectivity index (χ1n) is 9.83. The Bertz CT molecular complexity index is 415. The molecule has 6 heteroatoms. The lowest BCUT2D eigenvalue weighted by atomic mass is 9.83. The number of hydrogen-bond acceptors (Lipinski definition) is 3. The molecule has 1 heterocycles. The van der Waals surface area contributed by atoms with E-state index in [0.29, 0.717) is 6.61 Å². The van der Waals surface area contributed by atoms with Gasteiger partial charge in [0, 0.05) is 26.2 Å². The van der Waals surface area contributed by atoms with Crippen molar-refractivity contribution in [1.82, 2.24) is 10.2 Å². The fourth-order valence-electron chi connectivity index (χ4n) is 3.74. The van der Waals surface area contributed by atoms with E-state index in [0.717, 1.165) is 56.8 Å². The molecule has 2 fully saturated rings. The second kappa shape index (κ2) is 12.0. The van der Waals surface area contributed by atoms with Gasteiger partial charge in [-0.25, -0.2) is 0 Å². The normalized spacial score (nSPS) is 25.2. The summed E-state index contributed by atoms with van der Waals surface area (Å²) >= 11 is 0. The molecular weight excluding hydrogens is 429 g/mol. The third-order valence-electron chi connectivity index (χ3n) is 5.38. The Morgan fingerprint density at radius 2 is 1.76 bits per heavy atom. The molecular formula is C19H36IN3O2. The largest absolute Gasteiger partial charge is 0.466 e. The van der Waals surface area contributed by atoms with Gasteiger partial charge in [0.1, 0.15) is 0 Å². The summed E-state index contributed by atoms with van der Waals surface area (Å²) in [7, 11) is 0. The zero-order valence-corrected chi connectivity index (χ0v) is 18.5. The Kier molecular flexibility index (Phi) is 10.8. The van der Waals surface area contributed by atoms with Crippen molar-refractivity contribution in [2.24, 2.45) is 22.7 Å². The van der Waals surface area contributed by atoms with E-state index in [9.17, 15) is 4.79 Å². The highest BCUT2D eigenvalue weighted by molar-refractivity contribution is 14.0. The highest BCUT2D eigenvalue weighted by Crippen LogP contribution is 2.28. The van der Waals surface area contributed by atoms with Gasteiger partial charge in [-0.3, -0.25) is 9.79 Å². The van der Waals surface area contributed by atoms with Crippen molar-refractivity contribution in [1.29, 1.82) is 0 Å². The highest BCUT2D eigenvalue weighted by atomic mass is 127. The first kappa shape index (κ1) is 22.5. The molecule has 1 saturated carbocycles. The maximum Gasteiger partial charge on any atom is 0.309 e. The summed E-state index contributed by atoms with van der Waals surface area (Å²) in [6, 6.07) is 0. The minimum absolute atomic E-state index is 0. The number of aliphatic imine (C=N–C) groups is 1. The summed E-state index contributed by atoms with van der Waals surface area (Å²) in [6.45, 7) is 10.4. The third kappa shape index (κ3) is 7.31. The average Bonchev–Trinajstić information content (AvgIpc) is 2.60. The van der Waals surface area contributed by atoms with Gasteiger partial charge in [-0.1, -0.05) is 19.8 Å². The van der Waals surface area contributed by atoms with Gasteiger partial charge >= 0.3 is 5.97 Å². The van der Waals surface area contributed by atoms with E-state index in [-0.39, 0.29) is 35.9 Å². The average molecular weight is 465 g/mol. The van der Waals surface area contributed by atoms with Crippen molar-refractivity contribution in [3.05, 3.63) is 0 Å². The molecule has 0 aromatic carbocycles. The molecule has 0 atom stereocenters. The highest BCUT2D eigenvalue weighted by Gasteiger charge is 2.27. The summed E-state index contributed by atoms with van der Waals surface area (Å²) in [5, 5.41) is 3.43. The van der Waals surface area contributed by atoms with Crippen LogP contribution < -0.4 is 5.32 Å². The molecule has 0 aromatic rings. The molecule has 2 rings (SSSR count). The van der Waals surface area contributed by atoms with Crippen LogP contribution in [0.2, 0.25) is 0 Å². The van der Waals surface area contributed by atoms with Crippen LogP contribution in [-0.2, 0) is 9.53 Å². The van der Waals surface area contributed by atoms with E-state index in [1.54, 1.807) is 0 Å². The molecule has 0 radical (unpaired) electrons. The molecule has 0 unspecified atom stereocenters. The van der Waals surface area contributed by atoms with Crippen molar-refractivity contribution in [3.63, 3.8) is 0 Å². The van der Waals surface area contributed by atoms with Crippen LogP contribution in [0.25, 0.3) is 0 Å². The maximum absolute atomic E-state index is 11.9. The number of piperidine rings is 1. The SMILES string of the molecule is CCNC(=NCC1CCC(C)CC1)N1CCC(C(=O)OCC)CC1.I. The van der Waals surface area contributed by atoms with Crippen LogP contribution in [0.3, 0.4) is 0 Å². The lowest BCUT2D eigenvalue weighted by Gasteiger charge is -2.33. The molecule has 1 N–H and O–H groups in total. The van der Waals surface area contributed by atoms with Crippen LogP contribution in [0.1, 0.15) is 59.3 Å². The van der Waals surface area contributed by atoms with Gasteiger partial charge < -0.3 is 15.0 Å². The van der Waals surface area contributed by atoms with E-state index in [1.165, 1.54) is 25.7 Å². The van der Waals surface area contributed by atoms with E-state index in [1.807, 2.05) is 6.92 Å². The van der Waals surface area contributed by atoms with Gasteiger partial charge in [0.2, 0.25) is 0 Å². The Balaban J connectivity index is 0.00000312. The lowest BCUT2D eigenvalue weighted by molar-refractivity contribution is -0.149. The second-order valence-electron chi connectivity index (χ2n) is 7.33. The van der Waals surface area contributed by atoms with Crippen molar-refractivity contribution < 1.29 is 9.53 Å². The van der Waals surface area contributed by atoms with Gasteiger partial charge in [0.25, 0.3) is 0 Å². The number of nitrogens with one attached hydrogen (secondary N) is 1. The van der Waals surface area contributed by atoms with Crippen molar-refractivity contribution in [2.45, 2.75) is 59.3 Å². The Hall–Kier alpha value is -0.530. The van der Waals surface area contributed by atoms with Gasteiger partial charge in [-0.2, -0.15) is 0 Å². The molecule has 0 aromatic heterocycles. The molecule has 0 amide bonds. The zero-order valence-electron chi connectivity index (χ0n) is 16.1. The predicted octanol–water partition coefficient (Wildman–Crippen LogP) is 3.67. The smallest absolute Gasteiger partial charge is 0.309 e. The van der Waals surface area contributed by atoms with Gasteiger partial charge in [0.05, 0.1) is 12.5 Å². The van der Waals surface area contributed by atoms with E-state index in [2.05, 4.69) is 24.1 Å². The molecule has 1 saturated heterocycles. The molecule has 1 aliphatic carbocycles. The predicted molar refractivity (Wildman–Crippen MR) is 113 cm³/mol. The topological polar surface area (TPSA) is 53.9 Å². The molecule has 25 heavy (non-hydrogen) atoms. The number of guanidine groups is 1. The maximum atomic E-state index is 11.9. The summed E-state index contributed by atoms with van der Waals surface area (Å²) < 4.78 is 5.16. The molecule has 5 nitrogen and oxygen atoms in total. The fourth-order valence-corrected chi connectivity index (χ4v) is 3.74. The number of rotatable bonds is 5. The van der Waals surface area contributed by atoms with Crippen molar-refractivity contribution in [2.75, 3.05) is 32.8 Å². The molecule has 146 valence electrons. The third-order valence-corrected chi connectivity index (χ3v) is 5.38. The minimum Gasteiger partial charge on any atom is -0.466 e. The van der Waals surface area contributed by atoms with Crippen LogP contribution in [0, 0.1) is 17.8 Å². The van der Waals surface area contributed by atoms with Crippen LogP contribution >= 0.6 is 24.0 Å². The number of halogens is 1. The van der Waals surface area contributed by atoms with Gasteiger partial charge in [-0.15, -0.1) is 24.0 Å². The lowest BCUT2D eigenvalue weighted by Crippen LogP contribution is -2.47. The summed E-state index contributed by atoms with van der Waals surface area (Å²) in [6.07, 6.45) is 7.06. The number of likely N-dealkylation sites (tertiary alicyclic amines) is 1. The fraction of sp³-hybridized carbons (Fsp3) is 0.895. The van der Waals surface area contributed by atoms with Gasteiger partial charge in [-0.05, 0) is 51.4 Å². The monoisotopic (exact) mass is 465 g/mol. The second-order valence-corrected chi connectivity index (χ2v) is 7.33. The first-order valence-corrected chi connectivity index (χ1v) is 9.83. The van der Waals surface area contributed by atoms with Crippen LogP contribution in [0.4, 0.5) is 0 Å². The minimum atomic E-state index is -0.0320. The van der Waals surface area contributed by atoms with Crippen LogP contribution in [-0.4, -0.2) is 49.6 Å². The van der Waals surface area contributed by atoms with Crippen molar-refractivity contribution >= 4 is 35.9 Å².